The number of nitrogens with two attached hydrogens (primary N) is 1. The lowest BCUT2D eigenvalue weighted by molar-refractivity contribution is -0.145. The number of carbonyl (C=O) groups is 1. The summed E-state index contributed by atoms with van der Waals surface area (Å²) in [5.74, 6) is 0.294. The van der Waals surface area contributed by atoms with E-state index in [2.05, 4.69) is 19.9 Å². The number of benzene rings is 1. The molecule has 110 valence electrons. The maximum atomic E-state index is 11.3. The van der Waals surface area contributed by atoms with Gasteiger partial charge in [-0.2, -0.15) is 0 Å². The first-order chi connectivity index (χ1) is 9.42. The fourth-order valence-electron chi connectivity index (χ4n) is 2.79. The van der Waals surface area contributed by atoms with Crippen molar-refractivity contribution < 1.29 is 14.6 Å². The molecule has 1 fully saturated rings. The van der Waals surface area contributed by atoms with Crippen LogP contribution in [-0.2, 0) is 4.79 Å². The summed E-state index contributed by atoms with van der Waals surface area (Å²) in [5, 5.41) is 9.24. The SMILES string of the molecule is CC(C)c1ccccc1OC1CCCC(N)(C(=O)O)C1. The van der Waals surface area contributed by atoms with Crippen molar-refractivity contribution in [3.63, 3.8) is 0 Å². The Morgan fingerprint density at radius 1 is 1.45 bits per heavy atom. The fourth-order valence-corrected chi connectivity index (χ4v) is 2.79. The summed E-state index contributed by atoms with van der Waals surface area (Å²) in [6.07, 6.45) is 2.42. The third-order valence-corrected chi connectivity index (χ3v) is 4.00. The lowest BCUT2D eigenvalue weighted by Crippen LogP contribution is -2.53. The van der Waals surface area contributed by atoms with Gasteiger partial charge < -0.3 is 15.6 Å². The van der Waals surface area contributed by atoms with Crippen molar-refractivity contribution in [2.24, 2.45) is 5.73 Å². The van der Waals surface area contributed by atoms with E-state index < -0.39 is 11.5 Å². The van der Waals surface area contributed by atoms with E-state index in [0.717, 1.165) is 24.2 Å². The van der Waals surface area contributed by atoms with Gasteiger partial charge in [-0.1, -0.05) is 32.0 Å². The molecule has 0 aromatic heterocycles. The number of rotatable bonds is 4. The minimum absolute atomic E-state index is 0.121. The van der Waals surface area contributed by atoms with Crippen molar-refractivity contribution >= 4 is 5.97 Å². The van der Waals surface area contributed by atoms with Gasteiger partial charge in [0, 0.05) is 6.42 Å². The van der Waals surface area contributed by atoms with Crippen LogP contribution in [0, 0.1) is 0 Å². The van der Waals surface area contributed by atoms with Crippen molar-refractivity contribution in [3.8, 4) is 5.75 Å². The standard InChI is InChI=1S/C16H23NO3/c1-11(2)13-7-3-4-8-14(13)20-12-6-5-9-16(17,10-12)15(18)19/h3-4,7-8,11-12H,5-6,9-10,17H2,1-2H3,(H,18,19). The topological polar surface area (TPSA) is 72.5 Å². The highest BCUT2D eigenvalue weighted by molar-refractivity contribution is 5.78. The molecule has 1 aromatic carbocycles. The average Bonchev–Trinajstić information content (AvgIpc) is 2.39. The summed E-state index contributed by atoms with van der Waals surface area (Å²) in [4.78, 5) is 11.3. The number of ether oxygens (including phenoxy) is 1. The molecule has 4 nitrogen and oxygen atoms in total. The average molecular weight is 277 g/mol. The second-order valence-corrected chi connectivity index (χ2v) is 5.99. The molecule has 0 saturated heterocycles. The van der Waals surface area contributed by atoms with Gasteiger partial charge in [-0.3, -0.25) is 4.79 Å². The lowest BCUT2D eigenvalue weighted by atomic mass is 9.81. The quantitative estimate of drug-likeness (QED) is 0.887. The van der Waals surface area contributed by atoms with Gasteiger partial charge in [-0.15, -0.1) is 0 Å². The molecule has 1 aliphatic rings. The molecule has 2 atom stereocenters. The monoisotopic (exact) mass is 277 g/mol. The maximum Gasteiger partial charge on any atom is 0.323 e. The van der Waals surface area contributed by atoms with Crippen LogP contribution in [0.2, 0.25) is 0 Å². The number of aliphatic carboxylic acids is 1. The van der Waals surface area contributed by atoms with Crippen LogP contribution in [0.5, 0.6) is 5.75 Å². The molecule has 1 saturated carbocycles. The van der Waals surface area contributed by atoms with Crippen molar-refractivity contribution in [3.05, 3.63) is 29.8 Å². The Kier molecular flexibility index (Phi) is 4.33. The number of hydrogen-bond acceptors (Lipinski definition) is 3. The van der Waals surface area contributed by atoms with Gasteiger partial charge in [0.05, 0.1) is 0 Å². The number of hydrogen-bond donors (Lipinski definition) is 2. The normalized spacial score (nSPS) is 26.5. The van der Waals surface area contributed by atoms with Gasteiger partial charge in [0.15, 0.2) is 0 Å². The first-order valence-electron chi connectivity index (χ1n) is 7.20. The van der Waals surface area contributed by atoms with Crippen LogP contribution in [0.1, 0.15) is 51.0 Å². The first kappa shape index (κ1) is 14.9. The molecule has 0 aliphatic heterocycles. The fraction of sp³-hybridized carbons (Fsp3) is 0.562. The molecule has 3 N–H and O–H groups in total. The number of para-hydroxylation sites is 1. The van der Waals surface area contributed by atoms with Gasteiger partial charge >= 0.3 is 5.97 Å². The molecule has 0 bridgehead atoms. The molecule has 1 aromatic rings. The zero-order valence-corrected chi connectivity index (χ0v) is 12.1. The predicted molar refractivity (Wildman–Crippen MR) is 78.0 cm³/mol. The van der Waals surface area contributed by atoms with Crippen molar-refractivity contribution in [2.45, 2.75) is 57.1 Å². The van der Waals surface area contributed by atoms with Crippen LogP contribution < -0.4 is 10.5 Å². The van der Waals surface area contributed by atoms with Crippen LogP contribution in [0.3, 0.4) is 0 Å². The summed E-state index contributed by atoms with van der Waals surface area (Å²) < 4.78 is 6.05. The molecular weight excluding hydrogens is 254 g/mol. The number of carboxylic acids is 1. The Balaban J connectivity index is 2.12. The molecule has 0 heterocycles. The van der Waals surface area contributed by atoms with E-state index in [9.17, 15) is 9.90 Å². The summed E-state index contributed by atoms with van der Waals surface area (Å²) in [6, 6.07) is 7.93. The molecule has 4 heteroatoms. The van der Waals surface area contributed by atoms with Crippen LogP contribution in [0.4, 0.5) is 0 Å². The van der Waals surface area contributed by atoms with Crippen LogP contribution in [0.15, 0.2) is 24.3 Å². The molecule has 2 rings (SSSR count). The third-order valence-electron chi connectivity index (χ3n) is 4.00. The predicted octanol–water partition coefficient (Wildman–Crippen LogP) is 2.91. The largest absolute Gasteiger partial charge is 0.490 e. The highest BCUT2D eigenvalue weighted by Gasteiger charge is 2.40. The maximum absolute atomic E-state index is 11.3. The Morgan fingerprint density at radius 2 is 2.15 bits per heavy atom. The molecule has 20 heavy (non-hydrogen) atoms. The Bertz CT molecular complexity index is 486. The summed E-state index contributed by atoms with van der Waals surface area (Å²) in [6.45, 7) is 4.24. The molecular formula is C16H23NO3. The Morgan fingerprint density at radius 3 is 2.80 bits per heavy atom. The molecule has 0 radical (unpaired) electrons. The summed E-state index contributed by atoms with van der Waals surface area (Å²) in [5.41, 5.74) is 5.97. The molecule has 0 spiro atoms. The Hall–Kier alpha value is -1.55. The van der Waals surface area contributed by atoms with E-state index in [1.54, 1.807) is 0 Å². The van der Waals surface area contributed by atoms with Crippen LogP contribution in [-0.4, -0.2) is 22.7 Å². The van der Waals surface area contributed by atoms with Gasteiger partial charge in [0.25, 0.3) is 0 Å². The minimum Gasteiger partial charge on any atom is -0.490 e. The van der Waals surface area contributed by atoms with Crippen molar-refractivity contribution in [1.82, 2.24) is 0 Å². The lowest BCUT2D eigenvalue weighted by Gasteiger charge is -2.35. The zero-order chi connectivity index (χ0) is 14.8. The van der Waals surface area contributed by atoms with Gasteiger partial charge in [0.2, 0.25) is 0 Å². The van der Waals surface area contributed by atoms with Crippen molar-refractivity contribution in [2.75, 3.05) is 0 Å². The molecule has 0 amide bonds. The number of carboxylic acid groups (broad SMARTS) is 1. The van der Waals surface area contributed by atoms with Gasteiger partial charge in [-0.05, 0) is 36.8 Å². The highest BCUT2D eigenvalue weighted by atomic mass is 16.5. The van der Waals surface area contributed by atoms with Crippen molar-refractivity contribution in [1.29, 1.82) is 0 Å². The molecule has 2 unspecified atom stereocenters. The highest BCUT2D eigenvalue weighted by Crippen LogP contribution is 2.32. The molecule has 1 aliphatic carbocycles. The zero-order valence-electron chi connectivity index (χ0n) is 12.1. The summed E-state index contributed by atoms with van der Waals surface area (Å²) in [7, 11) is 0. The van der Waals surface area contributed by atoms with Gasteiger partial charge in [0.1, 0.15) is 17.4 Å². The van der Waals surface area contributed by atoms with Gasteiger partial charge in [-0.25, -0.2) is 0 Å². The van der Waals surface area contributed by atoms with E-state index in [-0.39, 0.29) is 6.10 Å². The smallest absolute Gasteiger partial charge is 0.323 e. The van der Waals surface area contributed by atoms with E-state index in [1.807, 2.05) is 18.2 Å². The Labute approximate surface area is 119 Å². The second-order valence-electron chi connectivity index (χ2n) is 5.99. The van der Waals surface area contributed by atoms with E-state index in [4.69, 9.17) is 10.5 Å². The van der Waals surface area contributed by atoms with E-state index in [1.165, 1.54) is 0 Å². The summed E-state index contributed by atoms with van der Waals surface area (Å²) >= 11 is 0. The van der Waals surface area contributed by atoms with Crippen LogP contribution in [0.25, 0.3) is 0 Å². The van der Waals surface area contributed by atoms with Crippen LogP contribution >= 0.6 is 0 Å². The first-order valence-corrected chi connectivity index (χ1v) is 7.20. The minimum atomic E-state index is -1.14. The van der Waals surface area contributed by atoms with E-state index >= 15 is 0 Å². The second kappa shape index (κ2) is 5.83. The third kappa shape index (κ3) is 3.12. The van der Waals surface area contributed by atoms with E-state index in [0.29, 0.717) is 18.8 Å².